The zero-order valence-electron chi connectivity index (χ0n) is 15.2. The minimum absolute atomic E-state index is 0.0169. The number of nitrogens with zero attached hydrogens (tertiary/aromatic N) is 3. The van der Waals surface area contributed by atoms with Gasteiger partial charge in [-0.15, -0.1) is 0 Å². The van der Waals surface area contributed by atoms with E-state index >= 15 is 0 Å². The predicted molar refractivity (Wildman–Crippen MR) is 107 cm³/mol. The van der Waals surface area contributed by atoms with Crippen LogP contribution in [0.1, 0.15) is 22.3 Å². The molecule has 2 aliphatic rings. The van der Waals surface area contributed by atoms with E-state index in [1.54, 1.807) is 0 Å². The second-order valence-corrected chi connectivity index (χ2v) is 7.21. The van der Waals surface area contributed by atoms with Crippen LogP contribution in [-0.2, 0) is 13.1 Å². The fourth-order valence-corrected chi connectivity index (χ4v) is 4.03. The summed E-state index contributed by atoms with van der Waals surface area (Å²) in [4.78, 5) is 19.6. The first-order chi connectivity index (χ1) is 13.3. The second kappa shape index (κ2) is 6.67. The van der Waals surface area contributed by atoms with Gasteiger partial charge in [-0.05, 0) is 24.1 Å². The van der Waals surface area contributed by atoms with Gasteiger partial charge in [0.05, 0.1) is 16.6 Å². The minimum atomic E-state index is -0.0169. The number of aromatic nitrogens is 2. The molecule has 1 amide bonds. The lowest BCUT2D eigenvalue weighted by Crippen LogP contribution is -2.26. The molecule has 2 aliphatic heterocycles. The molecule has 3 heterocycles. The maximum Gasteiger partial charge on any atom is 0.253 e. The van der Waals surface area contributed by atoms with Gasteiger partial charge in [0.25, 0.3) is 5.91 Å². The van der Waals surface area contributed by atoms with Gasteiger partial charge in [-0.3, -0.25) is 9.69 Å². The normalized spacial score (nSPS) is 17.1. The molecule has 0 unspecified atom stereocenters. The zero-order valence-corrected chi connectivity index (χ0v) is 15.2. The third-order valence-electron chi connectivity index (χ3n) is 5.39. The first-order valence-electron chi connectivity index (χ1n) is 9.54. The summed E-state index contributed by atoms with van der Waals surface area (Å²) in [6.45, 7) is 4.48. The number of hydrogen-bond acceptors (Lipinski definition) is 3. The topological polar surface area (TPSA) is 50.2 Å². The Labute approximate surface area is 158 Å². The van der Waals surface area contributed by atoms with Gasteiger partial charge in [0.1, 0.15) is 5.82 Å². The summed E-state index contributed by atoms with van der Waals surface area (Å²) in [5.41, 5.74) is 4.93. The van der Waals surface area contributed by atoms with Crippen molar-refractivity contribution in [1.29, 1.82) is 0 Å². The lowest BCUT2D eigenvalue weighted by Gasteiger charge is -2.23. The number of amides is 1. The molecular formula is C22H22N4O. The molecule has 1 N–H and O–H groups in total. The summed E-state index contributed by atoms with van der Waals surface area (Å²) in [6.07, 6.45) is 5.64. The molecular weight excluding hydrogens is 336 g/mol. The Morgan fingerprint density at radius 3 is 2.74 bits per heavy atom. The summed E-state index contributed by atoms with van der Waals surface area (Å²) in [6, 6.07) is 14.5. The molecule has 0 bridgehead atoms. The number of nitrogens with one attached hydrogen (secondary N) is 1. The largest absolute Gasteiger partial charge is 0.350 e. The molecule has 5 rings (SSSR count). The predicted octanol–water partition coefficient (Wildman–Crippen LogP) is 3.21. The maximum absolute atomic E-state index is 12.3. The number of imidazole rings is 1. The van der Waals surface area contributed by atoms with Crippen molar-refractivity contribution in [2.75, 3.05) is 19.6 Å². The highest BCUT2D eigenvalue weighted by Gasteiger charge is 2.21. The molecule has 1 aromatic heterocycles. The number of para-hydroxylation sites is 1. The van der Waals surface area contributed by atoms with Crippen LogP contribution in [0.25, 0.3) is 22.4 Å². The van der Waals surface area contributed by atoms with Crippen molar-refractivity contribution in [1.82, 2.24) is 19.8 Å². The van der Waals surface area contributed by atoms with Crippen LogP contribution in [0, 0.1) is 0 Å². The minimum Gasteiger partial charge on any atom is -0.350 e. The van der Waals surface area contributed by atoms with Crippen molar-refractivity contribution in [2.45, 2.75) is 19.5 Å². The number of hydrogen-bond donors (Lipinski definition) is 1. The lowest BCUT2D eigenvalue weighted by atomic mass is 10.1. The molecule has 27 heavy (non-hydrogen) atoms. The second-order valence-electron chi connectivity index (χ2n) is 7.21. The standard InChI is InChI=1S/C22H22N4O/c27-22-18-5-4-6-19-20(18)26(14-11-23-22)21(24-19)17-9-7-16(8-10-17)15-25-12-2-1-3-13-25/h1-2,4-10H,3,11-15H2,(H,23,27). The molecule has 5 nitrogen and oxygen atoms in total. The van der Waals surface area contributed by atoms with E-state index in [2.05, 4.69) is 51.2 Å². The Morgan fingerprint density at radius 1 is 1.04 bits per heavy atom. The van der Waals surface area contributed by atoms with E-state index in [0.717, 1.165) is 55.0 Å². The highest BCUT2D eigenvalue weighted by Crippen LogP contribution is 2.28. The fraction of sp³-hybridized carbons (Fsp3) is 0.273. The first kappa shape index (κ1) is 16.3. The summed E-state index contributed by atoms with van der Waals surface area (Å²) >= 11 is 0. The van der Waals surface area contributed by atoms with Crippen molar-refractivity contribution < 1.29 is 4.79 Å². The zero-order chi connectivity index (χ0) is 18.2. The number of carbonyl (C=O) groups is 1. The van der Waals surface area contributed by atoms with E-state index in [1.807, 2.05) is 18.2 Å². The van der Waals surface area contributed by atoms with Gasteiger partial charge in [-0.25, -0.2) is 4.98 Å². The Morgan fingerprint density at radius 2 is 1.93 bits per heavy atom. The smallest absolute Gasteiger partial charge is 0.253 e. The summed E-state index contributed by atoms with van der Waals surface area (Å²) < 4.78 is 2.17. The maximum atomic E-state index is 12.3. The first-order valence-corrected chi connectivity index (χ1v) is 9.54. The molecule has 0 aliphatic carbocycles. The molecule has 0 saturated heterocycles. The fourth-order valence-electron chi connectivity index (χ4n) is 4.03. The molecule has 2 aromatic carbocycles. The van der Waals surface area contributed by atoms with Gasteiger partial charge in [0.2, 0.25) is 0 Å². The third-order valence-corrected chi connectivity index (χ3v) is 5.39. The highest BCUT2D eigenvalue weighted by molar-refractivity contribution is 6.06. The summed E-state index contributed by atoms with van der Waals surface area (Å²) in [7, 11) is 0. The third kappa shape index (κ3) is 2.94. The van der Waals surface area contributed by atoms with Crippen molar-refractivity contribution in [3.8, 4) is 11.4 Å². The lowest BCUT2D eigenvalue weighted by molar-refractivity contribution is 0.0956. The van der Waals surface area contributed by atoms with Crippen LogP contribution in [0.4, 0.5) is 0 Å². The molecule has 5 heteroatoms. The van der Waals surface area contributed by atoms with Gasteiger partial charge in [-0.2, -0.15) is 0 Å². The molecule has 3 aromatic rings. The Bertz CT molecular complexity index is 1030. The van der Waals surface area contributed by atoms with Crippen LogP contribution in [0.5, 0.6) is 0 Å². The van der Waals surface area contributed by atoms with Crippen LogP contribution in [0.2, 0.25) is 0 Å². The molecule has 0 atom stereocenters. The molecule has 0 spiro atoms. The van der Waals surface area contributed by atoms with Crippen LogP contribution in [0.15, 0.2) is 54.6 Å². The van der Waals surface area contributed by atoms with E-state index in [0.29, 0.717) is 12.1 Å². The highest BCUT2D eigenvalue weighted by atomic mass is 16.1. The van der Waals surface area contributed by atoms with Crippen molar-refractivity contribution in [3.05, 3.63) is 65.7 Å². The van der Waals surface area contributed by atoms with Gasteiger partial charge < -0.3 is 9.88 Å². The van der Waals surface area contributed by atoms with Crippen LogP contribution in [-0.4, -0.2) is 40.0 Å². The van der Waals surface area contributed by atoms with E-state index in [4.69, 9.17) is 4.98 Å². The van der Waals surface area contributed by atoms with Gasteiger partial charge >= 0.3 is 0 Å². The van der Waals surface area contributed by atoms with E-state index < -0.39 is 0 Å². The van der Waals surface area contributed by atoms with Crippen LogP contribution >= 0.6 is 0 Å². The number of carbonyl (C=O) groups excluding carboxylic acids is 1. The number of rotatable bonds is 3. The van der Waals surface area contributed by atoms with Gasteiger partial charge in [0.15, 0.2) is 0 Å². The van der Waals surface area contributed by atoms with E-state index in [9.17, 15) is 4.79 Å². The van der Waals surface area contributed by atoms with Gasteiger partial charge in [0, 0.05) is 38.3 Å². The average Bonchev–Trinajstić information content (AvgIpc) is 2.99. The Kier molecular flexibility index (Phi) is 4.02. The van der Waals surface area contributed by atoms with E-state index in [1.165, 1.54) is 5.56 Å². The van der Waals surface area contributed by atoms with Crippen LogP contribution in [0.3, 0.4) is 0 Å². The number of benzene rings is 2. The quantitative estimate of drug-likeness (QED) is 0.732. The van der Waals surface area contributed by atoms with Gasteiger partial charge in [-0.1, -0.05) is 42.5 Å². The molecule has 0 fully saturated rings. The van der Waals surface area contributed by atoms with Crippen molar-refractivity contribution in [3.63, 3.8) is 0 Å². The SMILES string of the molecule is O=C1NCCn2c(-c3ccc(CN4CC=CCC4)cc3)nc3cccc1c32. The van der Waals surface area contributed by atoms with Crippen LogP contribution < -0.4 is 5.32 Å². The average molecular weight is 358 g/mol. The Hall–Kier alpha value is -2.92. The van der Waals surface area contributed by atoms with E-state index in [-0.39, 0.29) is 5.91 Å². The molecule has 136 valence electrons. The molecule has 0 saturated carbocycles. The van der Waals surface area contributed by atoms with Crippen molar-refractivity contribution >= 4 is 16.9 Å². The van der Waals surface area contributed by atoms with Crippen molar-refractivity contribution in [2.24, 2.45) is 0 Å². The monoisotopic (exact) mass is 358 g/mol. The summed E-state index contributed by atoms with van der Waals surface area (Å²) in [5, 5.41) is 2.97. The molecule has 0 radical (unpaired) electrons. The Balaban J connectivity index is 1.50. The summed E-state index contributed by atoms with van der Waals surface area (Å²) in [5.74, 6) is 0.915.